The Bertz CT molecular complexity index is 456. The van der Waals surface area contributed by atoms with Crippen molar-refractivity contribution in [2.45, 2.75) is 38.3 Å². The number of fused-ring (bicyclic) bond motifs is 5. The number of rotatable bonds is 3. The zero-order valence-electron chi connectivity index (χ0n) is 10.8. The van der Waals surface area contributed by atoms with Gasteiger partial charge in [-0.25, -0.2) is 0 Å². The van der Waals surface area contributed by atoms with E-state index < -0.39 is 0 Å². The Morgan fingerprint density at radius 1 is 1.22 bits per heavy atom. The molecule has 0 radical (unpaired) electrons. The van der Waals surface area contributed by atoms with Crippen molar-refractivity contribution in [1.29, 1.82) is 0 Å². The number of hydrogen-bond donors (Lipinski definition) is 1. The highest BCUT2D eigenvalue weighted by Crippen LogP contribution is 2.65. The fourth-order valence-corrected chi connectivity index (χ4v) is 5.13. The summed E-state index contributed by atoms with van der Waals surface area (Å²) >= 11 is 3.56. The largest absolute Gasteiger partial charge is 0.307 e. The molecule has 2 heteroatoms. The van der Waals surface area contributed by atoms with E-state index in [0.717, 1.165) is 29.7 Å². The zero-order chi connectivity index (χ0) is 12.3. The van der Waals surface area contributed by atoms with Gasteiger partial charge in [-0.1, -0.05) is 28.1 Å². The molecule has 5 unspecified atom stereocenters. The van der Waals surface area contributed by atoms with Gasteiger partial charge in [0.25, 0.3) is 0 Å². The Kier molecular flexibility index (Phi) is 2.60. The van der Waals surface area contributed by atoms with Crippen LogP contribution in [0.5, 0.6) is 0 Å². The maximum Gasteiger partial charge on any atom is 0.0294 e. The Balaban J connectivity index is 1.44. The summed E-state index contributed by atoms with van der Waals surface area (Å²) in [5.41, 5.74) is 1.40. The first-order valence-corrected chi connectivity index (χ1v) is 8.05. The van der Waals surface area contributed by atoms with Crippen molar-refractivity contribution in [3.05, 3.63) is 34.3 Å². The molecule has 3 fully saturated rings. The summed E-state index contributed by atoms with van der Waals surface area (Å²) in [6.07, 6.45) is 4.56. The minimum atomic E-state index is 0.484. The SMILES string of the molecule is CC(NC1C2C3CCC(C3)C12)c1cccc(Br)c1. The van der Waals surface area contributed by atoms with Crippen LogP contribution in [0, 0.1) is 23.7 Å². The molecule has 5 atom stereocenters. The van der Waals surface area contributed by atoms with E-state index in [1.165, 1.54) is 22.9 Å². The Labute approximate surface area is 117 Å². The molecule has 0 amide bonds. The molecule has 0 aromatic heterocycles. The first-order valence-electron chi connectivity index (χ1n) is 7.25. The van der Waals surface area contributed by atoms with E-state index in [-0.39, 0.29) is 0 Å². The third-order valence-corrected chi connectivity index (χ3v) is 6.02. The van der Waals surface area contributed by atoms with E-state index in [1.54, 1.807) is 6.42 Å². The minimum Gasteiger partial charge on any atom is -0.307 e. The Hall–Kier alpha value is -0.340. The molecular weight excluding hydrogens is 286 g/mol. The van der Waals surface area contributed by atoms with Crippen molar-refractivity contribution in [3.8, 4) is 0 Å². The molecular formula is C16H20BrN. The second-order valence-corrected chi connectivity index (χ2v) is 7.37. The molecule has 4 rings (SSSR count). The average Bonchev–Trinajstić information content (AvgIpc) is 2.77. The molecule has 1 N–H and O–H groups in total. The van der Waals surface area contributed by atoms with Gasteiger partial charge < -0.3 is 5.32 Å². The number of nitrogens with one attached hydrogen (secondary N) is 1. The van der Waals surface area contributed by atoms with E-state index in [4.69, 9.17) is 0 Å². The van der Waals surface area contributed by atoms with E-state index in [1.807, 2.05) is 0 Å². The number of halogens is 1. The highest BCUT2D eigenvalue weighted by Gasteiger charge is 2.64. The highest BCUT2D eigenvalue weighted by molar-refractivity contribution is 9.10. The summed E-state index contributed by atoms with van der Waals surface area (Å²) in [6.45, 7) is 2.30. The third kappa shape index (κ3) is 1.69. The first kappa shape index (κ1) is 11.5. The molecule has 18 heavy (non-hydrogen) atoms. The predicted octanol–water partition coefficient (Wildman–Crippen LogP) is 4.14. The third-order valence-electron chi connectivity index (χ3n) is 5.53. The van der Waals surface area contributed by atoms with Crippen LogP contribution in [0.2, 0.25) is 0 Å². The Morgan fingerprint density at radius 2 is 1.94 bits per heavy atom. The molecule has 96 valence electrons. The zero-order valence-corrected chi connectivity index (χ0v) is 12.4. The van der Waals surface area contributed by atoms with E-state index >= 15 is 0 Å². The molecule has 0 spiro atoms. The fraction of sp³-hybridized carbons (Fsp3) is 0.625. The van der Waals surface area contributed by atoms with Crippen LogP contribution in [-0.4, -0.2) is 6.04 Å². The van der Waals surface area contributed by atoms with Crippen LogP contribution in [0.1, 0.15) is 37.8 Å². The van der Waals surface area contributed by atoms with Crippen molar-refractivity contribution in [3.63, 3.8) is 0 Å². The smallest absolute Gasteiger partial charge is 0.0294 e. The lowest BCUT2D eigenvalue weighted by molar-refractivity contribution is 0.433. The molecule has 3 saturated carbocycles. The van der Waals surface area contributed by atoms with Crippen LogP contribution >= 0.6 is 15.9 Å². The number of benzene rings is 1. The van der Waals surface area contributed by atoms with E-state index in [2.05, 4.69) is 52.4 Å². The summed E-state index contributed by atoms with van der Waals surface area (Å²) in [4.78, 5) is 0. The van der Waals surface area contributed by atoms with Gasteiger partial charge in [-0.05, 0) is 67.6 Å². The van der Waals surface area contributed by atoms with Crippen molar-refractivity contribution in [2.24, 2.45) is 23.7 Å². The van der Waals surface area contributed by atoms with Crippen LogP contribution < -0.4 is 5.32 Å². The van der Waals surface area contributed by atoms with Gasteiger partial charge in [-0.3, -0.25) is 0 Å². The van der Waals surface area contributed by atoms with Gasteiger partial charge in [0.15, 0.2) is 0 Å². The Morgan fingerprint density at radius 3 is 2.61 bits per heavy atom. The molecule has 0 saturated heterocycles. The summed E-state index contributed by atoms with van der Waals surface area (Å²) < 4.78 is 1.18. The molecule has 1 aromatic carbocycles. The van der Waals surface area contributed by atoms with Crippen LogP contribution in [0.3, 0.4) is 0 Å². The van der Waals surface area contributed by atoms with Crippen LogP contribution in [-0.2, 0) is 0 Å². The van der Waals surface area contributed by atoms with Gasteiger partial charge in [0.05, 0.1) is 0 Å². The van der Waals surface area contributed by atoms with Crippen LogP contribution in [0.15, 0.2) is 28.7 Å². The monoisotopic (exact) mass is 305 g/mol. The normalized spacial score (nSPS) is 41.8. The second kappa shape index (κ2) is 4.08. The quantitative estimate of drug-likeness (QED) is 0.885. The lowest BCUT2D eigenvalue weighted by Crippen LogP contribution is -2.26. The molecule has 0 aliphatic heterocycles. The average molecular weight is 306 g/mol. The molecule has 1 aromatic rings. The predicted molar refractivity (Wildman–Crippen MR) is 77.3 cm³/mol. The van der Waals surface area contributed by atoms with Crippen molar-refractivity contribution >= 4 is 15.9 Å². The van der Waals surface area contributed by atoms with Gasteiger partial charge in [0.2, 0.25) is 0 Å². The summed E-state index contributed by atoms with van der Waals surface area (Å²) in [6, 6.07) is 10.0. The minimum absolute atomic E-state index is 0.484. The van der Waals surface area contributed by atoms with Gasteiger partial charge in [-0.2, -0.15) is 0 Å². The molecule has 0 heterocycles. The lowest BCUT2D eigenvalue weighted by atomic mass is 10.0. The maximum atomic E-state index is 3.88. The van der Waals surface area contributed by atoms with Crippen molar-refractivity contribution in [2.75, 3.05) is 0 Å². The molecule has 3 aliphatic rings. The van der Waals surface area contributed by atoms with Crippen molar-refractivity contribution < 1.29 is 0 Å². The molecule has 2 bridgehead atoms. The standard InChI is InChI=1S/C16H20BrN/c1-9(10-3-2-4-13(17)8-10)18-16-14-11-5-6-12(7-11)15(14)16/h2-4,8-9,11-12,14-16,18H,5-7H2,1H3. The maximum absolute atomic E-state index is 3.88. The topological polar surface area (TPSA) is 12.0 Å². The first-order chi connectivity index (χ1) is 8.74. The van der Waals surface area contributed by atoms with Crippen molar-refractivity contribution in [1.82, 2.24) is 5.32 Å². The van der Waals surface area contributed by atoms with Gasteiger partial charge >= 0.3 is 0 Å². The van der Waals surface area contributed by atoms with Crippen LogP contribution in [0.25, 0.3) is 0 Å². The lowest BCUT2D eigenvalue weighted by Gasteiger charge is -2.17. The van der Waals surface area contributed by atoms with E-state index in [9.17, 15) is 0 Å². The van der Waals surface area contributed by atoms with Gasteiger partial charge in [-0.15, -0.1) is 0 Å². The number of hydrogen-bond acceptors (Lipinski definition) is 1. The fourth-order valence-electron chi connectivity index (χ4n) is 4.71. The molecule has 3 aliphatic carbocycles. The summed E-state index contributed by atoms with van der Waals surface area (Å²) in [5.74, 6) is 4.18. The van der Waals surface area contributed by atoms with Gasteiger partial charge in [0.1, 0.15) is 0 Å². The summed E-state index contributed by atoms with van der Waals surface area (Å²) in [7, 11) is 0. The van der Waals surface area contributed by atoms with Crippen LogP contribution in [0.4, 0.5) is 0 Å². The summed E-state index contributed by atoms with van der Waals surface area (Å²) in [5, 5.41) is 3.88. The highest BCUT2D eigenvalue weighted by atomic mass is 79.9. The van der Waals surface area contributed by atoms with Gasteiger partial charge in [0, 0.05) is 16.6 Å². The second-order valence-electron chi connectivity index (χ2n) is 6.46. The van der Waals surface area contributed by atoms with E-state index in [0.29, 0.717) is 6.04 Å². The molecule has 1 nitrogen and oxygen atoms in total.